The molecule has 0 aromatic carbocycles. The quantitative estimate of drug-likeness (QED) is 0.542. The largest absolute Gasteiger partial charge is 0.351 e. The summed E-state index contributed by atoms with van der Waals surface area (Å²) in [4.78, 5) is 33.9. The molecule has 0 aromatic rings. The Balaban J connectivity index is 2.28. The van der Waals surface area contributed by atoms with Crippen LogP contribution in [0, 0.1) is 0 Å². The minimum Gasteiger partial charge on any atom is -0.351 e. The van der Waals surface area contributed by atoms with Crippen LogP contribution >= 0.6 is 11.6 Å². The molecular formula is C8H10ClFN2O3. The summed E-state index contributed by atoms with van der Waals surface area (Å²) in [5.74, 6) is -1.50. The second kappa shape index (κ2) is 5.06. The zero-order valence-corrected chi connectivity index (χ0v) is 8.59. The monoisotopic (exact) mass is 236 g/mol. The lowest BCUT2D eigenvalue weighted by molar-refractivity contribution is -0.138. The molecule has 1 unspecified atom stereocenters. The van der Waals surface area contributed by atoms with Crippen molar-refractivity contribution in [3.05, 3.63) is 0 Å². The van der Waals surface area contributed by atoms with Gasteiger partial charge in [0, 0.05) is 25.9 Å². The second-order valence-electron chi connectivity index (χ2n) is 3.03. The molecule has 0 aromatic heterocycles. The van der Waals surface area contributed by atoms with Crippen molar-refractivity contribution >= 4 is 29.3 Å². The average Bonchev–Trinajstić information content (AvgIpc) is 2.48. The molecule has 1 fully saturated rings. The van der Waals surface area contributed by atoms with Crippen molar-refractivity contribution in [1.29, 1.82) is 0 Å². The zero-order valence-electron chi connectivity index (χ0n) is 7.83. The smallest absolute Gasteiger partial charge is 0.270 e. The normalized spacial score (nSPS) is 18.1. The minimum atomic E-state index is -2.10. The van der Waals surface area contributed by atoms with Gasteiger partial charge in [-0.25, -0.2) is 4.39 Å². The Labute approximate surface area is 90.6 Å². The van der Waals surface area contributed by atoms with Gasteiger partial charge in [0.05, 0.1) is 0 Å². The molecule has 7 heteroatoms. The average molecular weight is 237 g/mol. The third-order valence-corrected chi connectivity index (χ3v) is 2.19. The topological polar surface area (TPSA) is 66.5 Å². The third kappa shape index (κ3) is 3.16. The van der Waals surface area contributed by atoms with Crippen molar-refractivity contribution in [3.8, 4) is 0 Å². The highest BCUT2D eigenvalue weighted by Gasteiger charge is 2.28. The van der Waals surface area contributed by atoms with Crippen LogP contribution < -0.4 is 5.32 Å². The Bertz CT molecular complexity index is 280. The summed E-state index contributed by atoms with van der Waals surface area (Å²) in [5.41, 5.74) is -2.10. The fourth-order valence-corrected chi connectivity index (χ4v) is 1.32. The molecule has 3 amide bonds. The van der Waals surface area contributed by atoms with Crippen LogP contribution in [-0.4, -0.2) is 41.3 Å². The van der Waals surface area contributed by atoms with Crippen LogP contribution in [0.2, 0.25) is 0 Å². The number of nitrogens with one attached hydrogen (secondary N) is 1. The molecule has 0 radical (unpaired) electrons. The fourth-order valence-electron chi connectivity index (χ4n) is 1.24. The Morgan fingerprint density at radius 2 is 2.00 bits per heavy atom. The van der Waals surface area contributed by atoms with Gasteiger partial charge in [-0.1, -0.05) is 11.6 Å². The molecule has 15 heavy (non-hydrogen) atoms. The van der Waals surface area contributed by atoms with Crippen molar-refractivity contribution < 1.29 is 18.8 Å². The van der Waals surface area contributed by atoms with Gasteiger partial charge in [0.2, 0.25) is 11.8 Å². The van der Waals surface area contributed by atoms with Gasteiger partial charge in [0.15, 0.2) is 0 Å². The van der Waals surface area contributed by atoms with Gasteiger partial charge in [-0.15, -0.1) is 0 Å². The predicted molar refractivity (Wildman–Crippen MR) is 49.7 cm³/mol. The number of likely N-dealkylation sites (tertiary alicyclic amines) is 1. The van der Waals surface area contributed by atoms with Crippen molar-refractivity contribution in [1.82, 2.24) is 10.2 Å². The second-order valence-corrected chi connectivity index (χ2v) is 3.41. The van der Waals surface area contributed by atoms with Crippen molar-refractivity contribution in [2.75, 3.05) is 13.1 Å². The molecule has 1 aliphatic heterocycles. The lowest BCUT2D eigenvalue weighted by Gasteiger charge is -2.13. The summed E-state index contributed by atoms with van der Waals surface area (Å²) in [6.07, 6.45) is 0.405. The molecular weight excluding hydrogens is 227 g/mol. The summed E-state index contributed by atoms with van der Waals surface area (Å²) >= 11 is 4.85. The van der Waals surface area contributed by atoms with E-state index in [2.05, 4.69) is 5.32 Å². The molecule has 1 atom stereocenters. The SMILES string of the molecule is O=C(NCCN1C(=O)CCC1=O)C(F)Cl. The van der Waals surface area contributed by atoms with Crippen LogP contribution in [0.3, 0.4) is 0 Å². The summed E-state index contributed by atoms with van der Waals surface area (Å²) in [7, 11) is 0. The van der Waals surface area contributed by atoms with Gasteiger partial charge in [0.1, 0.15) is 0 Å². The van der Waals surface area contributed by atoms with E-state index in [0.29, 0.717) is 0 Å². The number of hydrogen-bond donors (Lipinski definition) is 1. The molecule has 1 saturated heterocycles. The van der Waals surface area contributed by atoms with Crippen LogP contribution in [0.5, 0.6) is 0 Å². The first-order valence-corrected chi connectivity index (χ1v) is 4.85. The number of halogens is 2. The van der Waals surface area contributed by atoms with Gasteiger partial charge >= 0.3 is 0 Å². The fraction of sp³-hybridized carbons (Fsp3) is 0.625. The first-order chi connectivity index (χ1) is 7.02. The van der Waals surface area contributed by atoms with E-state index in [9.17, 15) is 18.8 Å². The number of carbonyl (C=O) groups is 3. The highest BCUT2D eigenvalue weighted by Crippen LogP contribution is 2.10. The lowest BCUT2D eigenvalue weighted by atomic mass is 10.4. The van der Waals surface area contributed by atoms with Gasteiger partial charge in [-0.2, -0.15) is 0 Å². The van der Waals surface area contributed by atoms with Crippen molar-refractivity contribution in [2.24, 2.45) is 0 Å². The zero-order chi connectivity index (χ0) is 11.4. The maximum atomic E-state index is 12.2. The highest BCUT2D eigenvalue weighted by atomic mass is 35.5. The Morgan fingerprint density at radius 1 is 1.47 bits per heavy atom. The third-order valence-electron chi connectivity index (χ3n) is 1.99. The van der Waals surface area contributed by atoms with Crippen LogP contribution in [-0.2, 0) is 14.4 Å². The summed E-state index contributed by atoms with van der Waals surface area (Å²) in [6.45, 7) is 0.0798. The van der Waals surface area contributed by atoms with E-state index in [4.69, 9.17) is 11.6 Å². The van der Waals surface area contributed by atoms with Gasteiger partial charge in [-0.05, 0) is 0 Å². The molecule has 84 valence electrons. The number of rotatable bonds is 4. The number of alkyl halides is 2. The molecule has 0 bridgehead atoms. The van der Waals surface area contributed by atoms with E-state index in [1.807, 2.05) is 0 Å². The first-order valence-electron chi connectivity index (χ1n) is 4.41. The number of hydrogen-bond acceptors (Lipinski definition) is 3. The Kier molecular flexibility index (Phi) is 4.02. The lowest BCUT2D eigenvalue weighted by Crippen LogP contribution is -2.39. The number of amides is 3. The standard InChI is InChI=1S/C8H10ClFN2O3/c9-7(10)8(15)11-3-4-12-5(13)1-2-6(12)14/h7H,1-4H2,(H,11,15). The van der Waals surface area contributed by atoms with E-state index in [1.54, 1.807) is 0 Å². The number of imide groups is 1. The van der Waals surface area contributed by atoms with Crippen molar-refractivity contribution in [2.45, 2.75) is 18.5 Å². The van der Waals surface area contributed by atoms with Crippen LogP contribution in [0.15, 0.2) is 0 Å². The highest BCUT2D eigenvalue weighted by molar-refractivity contribution is 6.29. The molecule has 1 rings (SSSR count). The van der Waals surface area contributed by atoms with Gasteiger partial charge < -0.3 is 5.32 Å². The van der Waals surface area contributed by atoms with E-state index in [1.165, 1.54) is 0 Å². The van der Waals surface area contributed by atoms with E-state index < -0.39 is 11.5 Å². The molecule has 0 saturated carbocycles. The molecule has 0 aliphatic carbocycles. The Morgan fingerprint density at radius 3 is 2.47 bits per heavy atom. The summed E-state index contributed by atoms with van der Waals surface area (Å²) in [5, 5.41) is 2.16. The van der Waals surface area contributed by atoms with Gasteiger partial charge in [0.25, 0.3) is 11.5 Å². The van der Waals surface area contributed by atoms with E-state index >= 15 is 0 Å². The molecule has 1 N–H and O–H groups in total. The van der Waals surface area contributed by atoms with Crippen LogP contribution in [0.4, 0.5) is 4.39 Å². The van der Waals surface area contributed by atoms with Crippen LogP contribution in [0.25, 0.3) is 0 Å². The van der Waals surface area contributed by atoms with E-state index in [-0.39, 0.29) is 37.7 Å². The maximum absolute atomic E-state index is 12.2. The molecule has 1 aliphatic rings. The predicted octanol–water partition coefficient (Wildman–Crippen LogP) is -0.214. The number of carbonyl (C=O) groups excluding carboxylic acids is 3. The molecule has 5 nitrogen and oxygen atoms in total. The molecule has 0 spiro atoms. The van der Waals surface area contributed by atoms with E-state index in [0.717, 1.165) is 4.90 Å². The Hall–Kier alpha value is -1.17. The van der Waals surface area contributed by atoms with Crippen molar-refractivity contribution in [3.63, 3.8) is 0 Å². The maximum Gasteiger partial charge on any atom is 0.270 e. The van der Waals surface area contributed by atoms with Gasteiger partial charge in [-0.3, -0.25) is 19.3 Å². The minimum absolute atomic E-state index is 0.0173. The molecule has 1 heterocycles. The van der Waals surface area contributed by atoms with Crippen LogP contribution in [0.1, 0.15) is 12.8 Å². The number of nitrogens with zero attached hydrogens (tertiary/aromatic N) is 1. The first kappa shape index (κ1) is 11.9. The summed E-state index contributed by atoms with van der Waals surface area (Å²) < 4.78 is 12.2. The summed E-state index contributed by atoms with van der Waals surface area (Å²) in [6, 6.07) is 0.